The average molecular weight is 620 g/mol. The number of furan rings is 1. The van der Waals surface area contributed by atoms with Crippen LogP contribution in [0.3, 0.4) is 0 Å². The number of rotatable bonds is 6. The zero-order chi connectivity index (χ0) is 36.6. The molecule has 0 radical (unpaired) electrons. The molecule has 0 aliphatic heterocycles. The molecular formula is C43H41N3O. The normalized spacial score (nSPS) is 13.7. The molecule has 5 aromatic carbocycles. The maximum Gasteiger partial charge on any atom is 0.149 e. The van der Waals surface area contributed by atoms with Crippen LogP contribution >= 0.6 is 0 Å². The lowest BCUT2D eigenvalue weighted by atomic mass is 9.86. The average Bonchev–Trinajstić information content (AvgIpc) is 3.65. The molecule has 2 aromatic heterocycles. The molecule has 0 saturated carbocycles. The van der Waals surface area contributed by atoms with Gasteiger partial charge in [0, 0.05) is 13.5 Å². The van der Waals surface area contributed by atoms with Crippen molar-refractivity contribution < 1.29 is 9.90 Å². The molecule has 7 aromatic rings. The Hall–Kier alpha value is -5.14. The summed E-state index contributed by atoms with van der Waals surface area (Å²) >= 11 is 0. The number of fused-ring (bicyclic) bond motifs is 4. The van der Waals surface area contributed by atoms with Crippen LogP contribution in [0.2, 0.25) is 0 Å². The molecule has 0 N–H and O–H groups in total. The summed E-state index contributed by atoms with van der Waals surface area (Å²) < 4.78 is 44.5. The Morgan fingerprint density at radius 1 is 0.851 bits per heavy atom. The van der Waals surface area contributed by atoms with Crippen LogP contribution in [0.25, 0.3) is 61.2 Å². The molecule has 7 rings (SSSR count). The molecule has 2 heterocycles. The second kappa shape index (κ2) is 11.6. The predicted octanol–water partition coefficient (Wildman–Crippen LogP) is 12.0. The van der Waals surface area contributed by atoms with E-state index in [0.29, 0.717) is 27.9 Å². The number of hydrogen-bond acceptors (Lipinski definition) is 3. The van der Waals surface area contributed by atoms with E-state index >= 15 is 0 Å². The zero-order valence-electron chi connectivity index (χ0n) is 32.0. The number of para-hydroxylation sites is 3. The molecule has 0 aliphatic carbocycles. The minimum Gasteiger partial charge on any atom is -0.455 e. The van der Waals surface area contributed by atoms with Gasteiger partial charge in [-0.05, 0) is 100.0 Å². The first kappa shape index (κ1) is 26.0. The third-order valence-electron chi connectivity index (χ3n) is 8.62. The van der Waals surface area contributed by atoms with E-state index in [1.807, 2.05) is 69.3 Å². The summed E-state index contributed by atoms with van der Waals surface area (Å²) in [6, 6.07) is 29.6. The third-order valence-corrected chi connectivity index (χ3v) is 8.62. The Balaban J connectivity index is 1.52. The highest BCUT2D eigenvalue weighted by Crippen LogP contribution is 2.42. The molecule has 0 saturated heterocycles. The number of imidazole rings is 1. The fourth-order valence-corrected chi connectivity index (χ4v) is 6.49. The van der Waals surface area contributed by atoms with Crippen LogP contribution in [0.4, 0.5) is 0 Å². The molecule has 0 aliphatic rings. The summed E-state index contributed by atoms with van der Waals surface area (Å²) in [5, 5.41) is 11.4. The minimum atomic E-state index is -1.72. The van der Waals surface area contributed by atoms with Gasteiger partial charge in [0.1, 0.15) is 17.0 Å². The van der Waals surface area contributed by atoms with E-state index < -0.39 is 11.8 Å². The summed E-state index contributed by atoms with van der Waals surface area (Å²) in [4.78, 5) is 5.23. The van der Waals surface area contributed by atoms with Crippen LogP contribution in [0.1, 0.15) is 88.0 Å². The van der Waals surface area contributed by atoms with Crippen molar-refractivity contribution in [3.63, 3.8) is 0 Å². The number of nitrogens with zero attached hydrogens (tertiary/aromatic N) is 3. The van der Waals surface area contributed by atoms with Crippen molar-refractivity contribution >= 4 is 33.0 Å². The zero-order valence-corrected chi connectivity index (χ0v) is 28.0. The predicted molar refractivity (Wildman–Crippen MR) is 195 cm³/mol. The molecule has 0 amide bonds. The van der Waals surface area contributed by atoms with Crippen molar-refractivity contribution in [2.24, 2.45) is 5.41 Å². The summed E-state index contributed by atoms with van der Waals surface area (Å²) in [6.07, 6.45) is -1.72. The summed E-state index contributed by atoms with van der Waals surface area (Å²) in [6.45, 7) is 14.1. The van der Waals surface area contributed by atoms with Crippen molar-refractivity contribution in [2.45, 2.75) is 66.7 Å². The van der Waals surface area contributed by atoms with Crippen molar-refractivity contribution in [2.75, 3.05) is 0 Å². The van der Waals surface area contributed by atoms with Crippen LogP contribution in [0.15, 0.2) is 101 Å². The lowest BCUT2D eigenvalue weighted by molar-refractivity contribution is 0.411. The van der Waals surface area contributed by atoms with Crippen LogP contribution in [0, 0.1) is 16.7 Å². The summed E-state index contributed by atoms with van der Waals surface area (Å²) in [7, 11) is 0. The fourth-order valence-electron chi connectivity index (χ4n) is 6.49. The van der Waals surface area contributed by atoms with E-state index in [1.165, 1.54) is 0 Å². The van der Waals surface area contributed by atoms with Gasteiger partial charge in [-0.3, -0.25) is 4.57 Å². The van der Waals surface area contributed by atoms with E-state index in [-0.39, 0.29) is 23.9 Å². The largest absolute Gasteiger partial charge is 0.455 e. The Morgan fingerprint density at radius 2 is 1.55 bits per heavy atom. The fraction of sp³-hybridized carbons (Fsp3) is 0.256. The lowest BCUT2D eigenvalue weighted by Crippen LogP contribution is -2.10. The van der Waals surface area contributed by atoms with E-state index in [0.717, 1.165) is 55.6 Å². The summed E-state index contributed by atoms with van der Waals surface area (Å²) in [5.41, 5.74) is 8.48. The van der Waals surface area contributed by atoms with Crippen molar-refractivity contribution in [3.8, 4) is 34.3 Å². The molecular weight excluding hydrogens is 574 g/mol. The van der Waals surface area contributed by atoms with Gasteiger partial charge >= 0.3 is 0 Å². The minimum absolute atomic E-state index is 0.0653. The van der Waals surface area contributed by atoms with Gasteiger partial charge in [-0.1, -0.05) is 96.9 Å². The molecule has 0 bridgehead atoms. The maximum absolute atomic E-state index is 9.54. The first-order valence-corrected chi connectivity index (χ1v) is 16.3. The maximum atomic E-state index is 9.54. The Morgan fingerprint density at radius 3 is 2.21 bits per heavy atom. The molecule has 0 spiro atoms. The first-order chi connectivity index (χ1) is 24.1. The molecule has 0 atom stereocenters. The van der Waals surface area contributed by atoms with E-state index in [9.17, 15) is 5.26 Å². The highest BCUT2D eigenvalue weighted by molar-refractivity contribution is 6.09. The van der Waals surface area contributed by atoms with Crippen LogP contribution < -0.4 is 0 Å². The van der Waals surface area contributed by atoms with Gasteiger partial charge in [0.05, 0.1) is 36.7 Å². The molecule has 234 valence electrons. The second-order valence-electron chi connectivity index (χ2n) is 14.0. The quantitative estimate of drug-likeness (QED) is 0.186. The second-order valence-corrected chi connectivity index (χ2v) is 14.0. The van der Waals surface area contributed by atoms with E-state index in [4.69, 9.17) is 14.9 Å². The van der Waals surface area contributed by atoms with Gasteiger partial charge in [-0.15, -0.1) is 0 Å². The topological polar surface area (TPSA) is 54.8 Å². The number of aromatic nitrogens is 2. The molecule has 47 heavy (non-hydrogen) atoms. The first-order valence-electron chi connectivity index (χ1n) is 18.3. The monoisotopic (exact) mass is 619 g/mol. The lowest BCUT2D eigenvalue weighted by Gasteiger charge is -2.24. The Kier molecular flexibility index (Phi) is 6.40. The number of hydrogen-bond donors (Lipinski definition) is 0. The summed E-state index contributed by atoms with van der Waals surface area (Å²) in [5.74, 6) is 0.861. The number of nitriles is 1. The van der Waals surface area contributed by atoms with Gasteiger partial charge in [-0.2, -0.15) is 5.26 Å². The molecule has 0 unspecified atom stereocenters. The van der Waals surface area contributed by atoms with Crippen molar-refractivity contribution in [3.05, 3.63) is 119 Å². The van der Waals surface area contributed by atoms with Crippen molar-refractivity contribution in [1.29, 1.82) is 5.26 Å². The smallest absolute Gasteiger partial charge is 0.149 e. The van der Waals surface area contributed by atoms with Gasteiger partial charge < -0.3 is 4.42 Å². The van der Waals surface area contributed by atoms with Gasteiger partial charge in [0.25, 0.3) is 0 Å². The highest BCUT2D eigenvalue weighted by atomic mass is 16.3. The van der Waals surface area contributed by atoms with Gasteiger partial charge in [0.15, 0.2) is 0 Å². The molecule has 4 heteroatoms. The van der Waals surface area contributed by atoms with E-state index in [2.05, 4.69) is 56.5 Å². The molecule has 0 fully saturated rings. The SMILES string of the molecule is [2H]c1cc(C([2H])([2H])C(C)(C)C)cc([2H])c1-c1cc(C(C)C)c(-n2c(-c3cccc4c3oc3cc(C#N)ccc34)nc3ccccc32)c(C(C)C)c1. The third kappa shape index (κ3) is 5.51. The Bertz CT molecular complexity index is 2490. The highest BCUT2D eigenvalue weighted by Gasteiger charge is 2.25. The number of benzene rings is 5. The van der Waals surface area contributed by atoms with Crippen LogP contribution in [-0.2, 0) is 6.37 Å². The van der Waals surface area contributed by atoms with E-state index in [1.54, 1.807) is 18.2 Å². The molecule has 4 nitrogen and oxygen atoms in total. The van der Waals surface area contributed by atoms with Crippen LogP contribution in [0.5, 0.6) is 0 Å². The van der Waals surface area contributed by atoms with Gasteiger partial charge in [0.2, 0.25) is 0 Å². The van der Waals surface area contributed by atoms with Crippen LogP contribution in [-0.4, -0.2) is 9.55 Å². The van der Waals surface area contributed by atoms with Gasteiger partial charge in [-0.25, -0.2) is 4.98 Å². The Labute approximate surface area is 282 Å². The standard InChI is InChI=1S/C43H41N3O/c1-26(2)35-22-31(30-18-15-28(16-19-30)24-43(5,6)7)23-36(27(3)4)40(35)46-38-14-9-8-13-37(38)45-42(46)34-12-10-11-33-32-20-17-29(25-44)21-39(32)47-41(33)34/h8-23,26-27H,24H2,1-7H3/i18D,19D,24D2. The van der Waals surface area contributed by atoms with Crippen molar-refractivity contribution in [1.82, 2.24) is 9.55 Å².